The van der Waals surface area contributed by atoms with E-state index < -0.39 is 11.9 Å². The highest BCUT2D eigenvalue weighted by Crippen LogP contribution is 2.28. The lowest BCUT2D eigenvalue weighted by Crippen LogP contribution is -2.61. The van der Waals surface area contributed by atoms with Gasteiger partial charge in [0.25, 0.3) is 0 Å². The largest absolute Gasteiger partial charge is 0.478 e. The molecule has 0 aromatic heterocycles. The summed E-state index contributed by atoms with van der Waals surface area (Å²) in [6.45, 7) is 15.1. The SMILES string of the molecule is CCCCCCOC(=O)C=CC(=O)O.CCCCNC1CC(C)(C)NC(C)(C)C1. The van der Waals surface area contributed by atoms with Crippen LogP contribution in [0.3, 0.4) is 0 Å². The maximum atomic E-state index is 10.8. The van der Waals surface area contributed by atoms with Gasteiger partial charge in [0.05, 0.1) is 6.61 Å². The molecule has 1 saturated heterocycles. The number of carboxylic acids is 1. The topological polar surface area (TPSA) is 87.7 Å². The second-order valence-corrected chi connectivity index (χ2v) is 9.21. The van der Waals surface area contributed by atoms with Crippen molar-refractivity contribution in [1.29, 1.82) is 0 Å². The zero-order valence-corrected chi connectivity index (χ0v) is 19.5. The Bertz CT molecular complexity index is 485. The molecule has 0 amide bonds. The van der Waals surface area contributed by atoms with Gasteiger partial charge in [-0.15, -0.1) is 0 Å². The molecule has 1 aliphatic rings. The number of unbranched alkanes of at least 4 members (excludes halogenated alkanes) is 4. The summed E-state index contributed by atoms with van der Waals surface area (Å²) < 4.78 is 4.75. The quantitative estimate of drug-likeness (QED) is 0.264. The van der Waals surface area contributed by atoms with Crippen LogP contribution < -0.4 is 10.6 Å². The maximum absolute atomic E-state index is 10.8. The van der Waals surface area contributed by atoms with Crippen molar-refractivity contribution in [2.45, 2.75) is 110 Å². The molecule has 1 heterocycles. The third-order valence-electron chi connectivity index (χ3n) is 4.76. The van der Waals surface area contributed by atoms with Gasteiger partial charge in [0.15, 0.2) is 0 Å². The predicted octanol–water partition coefficient (Wildman–Crippen LogP) is 4.44. The van der Waals surface area contributed by atoms with Gasteiger partial charge < -0.3 is 20.5 Å². The molecule has 0 spiro atoms. The van der Waals surface area contributed by atoms with Crippen molar-refractivity contribution in [3.05, 3.63) is 12.2 Å². The Morgan fingerprint density at radius 3 is 2.10 bits per heavy atom. The Morgan fingerprint density at radius 2 is 1.59 bits per heavy atom. The first kappa shape index (κ1) is 27.6. The van der Waals surface area contributed by atoms with Gasteiger partial charge in [-0.3, -0.25) is 0 Å². The molecule has 0 atom stereocenters. The predicted molar refractivity (Wildman–Crippen MR) is 119 cm³/mol. The van der Waals surface area contributed by atoms with E-state index in [0.29, 0.717) is 12.6 Å². The molecule has 170 valence electrons. The van der Waals surface area contributed by atoms with Crippen LogP contribution in [-0.2, 0) is 14.3 Å². The van der Waals surface area contributed by atoms with Gasteiger partial charge in [-0.1, -0.05) is 39.5 Å². The van der Waals surface area contributed by atoms with E-state index in [2.05, 4.69) is 52.2 Å². The van der Waals surface area contributed by atoms with E-state index in [9.17, 15) is 9.59 Å². The van der Waals surface area contributed by atoms with Crippen LogP contribution in [0.2, 0.25) is 0 Å². The molecule has 0 aromatic carbocycles. The Kier molecular flexibility index (Phi) is 13.9. The van der Waals surface area contributed by atoms with Gasteiger partial charge in [-0.05, 0) is 59.9 Å². The molecule has 6 nitrogen and oxygen atoms in total. The molecule has 0 aromatic rings. The molecular weight excluding hydrogens is 368 g/mol. The van der Waals surface area contributed by atoms with Crippen LogP contribution in [0.4, 0.5) is 0 Å². The van der Waals surface area contributed by atoms with Crippen LogP contribution in [0.5, 0.6) is 0 Å². The highest BCUT2D eigenvalue weighted by molar-refractivity contribution is 5.90. The molecule has 0 unspecified atom stereocenters. The first-order chi connectivity index (χ1) is 13.5. The lowest BCUT2D eigenvalue weighted by molar-refractivity contribution is -0.138. The zero-order valence-electron chi connectivity index (χ0n) is 19.5. The fraction of sp³-hybridized carbons (Fsp3) is 0.826. The van der Waals surface area contributed by atoms with Crippen molar-refractivity contribution in [1.82, 2.24) is 10.6 Å². The number of nitrogens with one attached hydrogen (secondary N) is 2. The lowest BCUT2D eigenvalue weighted by Gasteiger charge is -2.46. The number of carboxylic acid groups (broad SMARTS) is 1. The third-order valence-corrected chi connectivity index (χ3v) is 4.76. The zero-order chi connectivity index (χ0) is 22.3. The Balaban J connectivity index is 0.000000543. The van der Waals surface area contributed by atoms with Crippen molar-refractivity contribution in [3.8, 4) is 0 Å². The van der Waals surface area contributed by atoms with Crippen LogP contribution in [0.1, 0.15) is 92.9 Å². The molecule has 1 fully saturated rings. The monoisotopic (exact) mass is 412 g/mol. The molecular formula is C23H44N2O4. The van der Waals surface area contributed by atoms with Gasteiger partial charge in [-0.25, -0.2) is 9.59 Å². The fourth-order valence-electron chi connectivity index (χ4n) is 3.84. The highest BCUT2D eigenvalue weighted by atomic mass is 16.5. The molecule has 0 saturated carbocycles. The summed E-state index contributed by atoms with van der Waals surface area (Å²) in [4.78, 5) is 20.8. The number of hydrogen-bond acceptors (Lipinski definition) is 5. The van der Waals surface area contributed by atoms with Crippen molar-refractivity contribution in [3.63, 3.8) is 0 Å². The standard InChI is InChI=1S/C13H28N2.C10H16O4/c1-6-7-8-14-11-9-12(2,3)15-13(4,5)10-11;1-2-3-4-5-8-14-10(13)7-6-9(11)12/h11,14-15H,6-10H2,1-5H3;6-7H,2-5,8H2,1H3,(H,11,12). The minimum Gasteiger partial charge on any atom is -0.478 e. The number of piperidine rings is 1. The normalized spacial score (nSPS) is 18.1. The van der Waals surface area contributed by atoms with Crippen LogP contribution in [0, 0.1) is 0 Å². The summed E-state index contributed by atoms with van der Waals surface area (Å²) in [7, 11) is 0. The molecule has 1 rings (SSSR count). The number of hydrogen-bond donors (Lipinski definition) is 3. The molecule has 1 aliphatic heterocycles. The van der Waals surface area contributed by atoms with Crippen LogP contribution in [0.25, 0.3) is 0 Å². The van der Waals surface area contributed by atoms with Gasteiger partial charge in [0.2, 0.25) is 0 Å². The Morgan fingerprint density at radius 1 is 1.00 bits per heavy atom. The summed E-state index contributed by atoms with van der Waals surface area (Å²) in [6.07, 6.45) is 10.9. The summed E-state index contributed by atoms with van der Waals surface area (Å²) in [6, 6.07) is 0.683. The third kappa shape index (κ3) is 16.1. The Hall–Kier alpha value is -1.40. The smallest absolute Gasteiger partial charge is 0.331 e. The van der Waals surface area contributed by atoms with Gasteiger partial charge in [0.1, 0.15) is 0 Å². The summed E-state index contributed by atoms with van der Waals surface area (Å²) in [5, 5.41) is 15.6. The molecule has 29 heavy (non-hydrogen) atoms. The second-order valence-electron chi connectivity index (χ2n) is 9.21. The number of esters is 1. The van der Waals surface area contributed by atoms with Crippen LogP contribution in [-0.4, -0.2) is 47.3 Å². The average molecular weight is 413 g/mol. The summed E-state index contributed by atoms with van der Waals surface area (Å²) in [5.74, 6) is -1.74. The van der Waals surface area contributed by atoms with E-state index in [0.717, 1.165) is 37.8 Å². The first-order valence-corrected chi connectivity index (χ1v) is 11.1. The van der Waals surface area contributed by atoms with E-state index >= 15 is 0 Å². The molecule has 6 heteroatoms. The van der Waals surface area contributed by atoms with Crippen LogP contribution in [0.15, 0.2) is 12.2 Å². The lowest BCUT2D eigenvalue weighted by atomic mass is 9.79. The highest BCUT2D eigenvalue weighted by Gasteiger charge is 2.37. The van der Waals surface area contributed by atoms with Gasteiger partial charge in [0, 0.05) is 29.3 Å². The average Bonchev–Trinajstić information content (AvgIpc) is 2.58. The minimum absolute atomic E-state index is 0.269. The van der Waals surface area contributed by atoms with Crippen molar-refractivity contribution < 1.29 is 19.4 Å². The molecule has 3 N–H and O–H groups in total. The number of aliphatic carboxylic acids is 1. The van der Waals surface area contributed by atoms with E-state index in [1.165, 1.54) is 32.2 Å². The Labute approximate surface area is 177 Å². The van der Waals surface area contributed by atoms with Crippen molar-refractivity contribution in [2.24, 2.45) is 0 Å². The fourth-order valence-corrected chi connectivity index (χ4v) is 3.84. The second kappa shape index (κ2) is 14.6. The molecule has 0 bridgehead atoms. The number of carbonyl (C=O) groups is 2. The molecule has 0 radical (unpaired) electrons. The van der Waals surface area contributed by atoms with E-state index in [4.69, 9.17) is 9.84 Å². The van der Waals surface area contributed by atoms with E-state index in [1.807, 2.05) is 0 Å². The van der Waals surface area contributed by atoms with Gasteiger partial charge in [-0.2, -0.15) is 0 Å². The number of carbonyl (C=O) groups excluding carboxylic acids is 1. The van der Waals surface area contributed by atoms with Gasteiger partial charge >= 0.3 is 11.9 Å². The summed E-state index contributed by atoms with van der Waals surface area (Å²) in [5.41, 5.74) is 0.539. The maximum Gasteiger partial charge on any atom is 0.331 e. The number of ether oxygens (including phenoxy) is 1. The minimum atomic E-state index is -1.15. The number of rotatable bonds is 11. The van der Waals surface area contributed by atoms with E-state index in [-0.39, 0.29) is 11.1 Å². The summed E-state index contributed by atoms with van der Waals surface area (Å²) >= 11 is 0. The molecule has 0 aliphatic carbocycles. The van der Waals surface area contributed by atoms with E-state index in [1.54, 1.807) is 0 Å². The van der Waals surface area contributed by atoms with Crippen molar-refractivity contribution >= 4 is 11.9 Å². The first-order valence-electron chi connectivity index (χ1n) is 11.1. The van der Waals surface area contributed by atoms with Crippen molar-refractivity contribution in [2.75, 3.05) is 13.2 Å². The van der Waals surface area contributed by atoms with Crippen LogP contribution >= 0.6 is 0 Å².